The van der Waals surface area contributed by atoms with E-state index in [1.807, 2.05) is 19.2 Å². The minimum Gasteiger partial charge on any atom is -0.302 e. The summed E-state index contributed by atoms with van der Waals surface area (Å²) in [6, 6.07) is 4.78. The number of aromatic nitrogens is 2. The number of hydrogen-bond donors (Lipinski definition) is 1. The molecule has 2 aromatic heterocycles. The highest BCUT2D eigenvalue weighted by Crippen LogP contribution is 2.32. The van der Waals surface area contributed by atoms with Gasteiger partial charge in [-0.2, -0.15) is 4.31 Å². The molecule has 0 unspecified atom stereocenters. The number of sulfonamides is 1. The Labute approximate surface area is 188 Å². The van der Waals surface area contributed by atoms with Gasteiger partial charge in [0.1, 0.15) is 5.82 Å². The van der Waals surface area contributed by atoms with E-state index in [9.17, 15) is 17.6 Å². The summed E-state index contributed by atoms with van der Waals surface area (Å²) in [5.41, 5.74) is 1.71. The molecular weight excluding hydrogens is 459 g/mol. The Morgan fingerprint density at radius 3 is 2.45 bits per heavy atom. The van der Waals surface area contributed by atoms with Crippen LogP contribution in [0.3, 0.4) is 0 Å². The third-order valence-corrected chi connectivity index (χ3v) is 8.91. The molecule has 1 aliphatic heterocycles. The molecule has 0 radical (unpaired) electrons. The van der Waals surface area contributed by atoms with E-state index in [4.69, 9.17) is 0 Å². The Hall–Kier alpha value is -2.21. The minimum absolute atomic E-state index is 0.0562. The van der Waals surface area contributed by atoms with Gasteiger partial charge < -0.3 is 5.32 Å². The van der Waals surface area contributed by atoms with E-state index in [2.05, 4.69) is 15.3 Å². The Morgan fingerprint density at radius 2 is 1.84 bits per heavy atom. The van der Waals surface area contributed by atoms with Gasteiger partial charge in [-0.3, -0.25) is 4.79 Å². The van der Waals surface area contributed by atoms with Crippen molar-refractivity contribution < 1.29 is 17.6 Å². The summed E-state index contributed by atoms with van der Waals surface area (Å²) in [6.07, 6.45) is 0.829. The molecular formula is C20H21FN4O3S3. The van der Waals surface area contributed by atoms with Crippen molar-refractivity contribution in [1.82, 2.24) is 14.3 Å². The molecule has 3 aromatic rings. The van der Waals surface area contributed by atoms with Crippen molar-refractivity contribution in [3.63, 3.8) is 0 Å². The van der Waals surface area contributed by atoms with E-state index in [1.54, 1.807) is 11.3 Å². The number of benzene rings is 1. The lowest BCUT2D eigenvalue weighted by atomic mass is 9.97. The van der Waals surface area contributed by atoms with Crippen molar-refractivity contribution in [3.05, 3.63) is 46.2 Å². The number of rotatable bonds is 5. The number of aryl methyl sites for hydroxylation is 2. The number of piperidine rings is 1. The lowest BCUT2D eigenvalue weighted by Crippen LogP contribution is -2.41. The molecule has 1 fully saturated rings. The van der Waals surface area contributed by atoms with Crippen molar-refractivity contribution in [3.8, 4) is 10.6 Å². The standard InChI is InChI=1S/C20H21FN4O3S3/c1-12-18(30-13(2)22-12)17-11-29-20(23-17)24-19(26)14-7-9-25(10-8-14)31(27,28)16-5-3-15(21)4-6-16/h3-6,11,14H,7-10H2,1-2H3,(H,23,24,26). The molecule has 1 aliphatic rings. The van der Waals surface area contributed by atoms with Gasteiger partial charge in [0, 0.05) is 24.4 Å². The van der Waals surface area contributed by atoms with Crippen LogP contribution in [0.5, 0.6) is 0 Å². The minimum atomic E-state index is -3.70. The molecule has 0 aliphatic carbocycles. The van der Waals surface area contributed by atoms with Crippen molar-refractivity contribution in [1.29, 1.82) is 0 Å². The number of thiazole rings is 2. The highest BCUT2D eigenvalue weighted by atomic mass is 32.2. The van der Waals surface area contributed by atoms with Gasteiger partial charge in [-0.25, -0.2) is 22.8 Å². The van der Waals surface area contributed by atoms with Crippen LogP contribution in [0, 0.1) is 25.6 Å². The van der Waals surface area contributed by atoms with E-state index < -0.39 is 15.8 Å². The number of hydrogen-bond acceptors (Lipinski definition) is 7. The molecule has 1 amide bonds. The van der Waals surface area contributed by atoms with Gasteiger partial charge in [0.25, 0.3) is 0 Å². The zero-order chi connectivity index (χ0) is 22.2. The number of carbonyl (C=O) groups is 1. The molecule has 7 nitrogen and oxygen atoms in total. The topological polar surface area (TPSA) is 92.3 Å². The second-order valence-corrected chi connectivity index (χ2v) is 11.3. The molecule has 3 heterocycles. The summed E-state index contributed by atoms with van der Waals surface area (Å²) >= 11 is 2.92. The van der Waals surface area contributed by atoms with Gasteiger partial charge in [0.15, 0.2) is 5.13 Å². The van der Waals surface area contributed by atoms with Crippen LogP contribution >= 0.6 is 22.7 Å². The summed E-state index contributed by atoms with van der Waals surface area (Å²) in [4.78, 5) is 22.7. The zero-order valence-electron chi connectivity index (χ0n) is 17.0. The first-order valence-electron chi connectivity index (χ1n) is 9.70. The van der Waals surface area contributed by atoms with Gasteiger partial charge in [0.2, 0.25) is 15.9 Å². The SMILES string of the molecule is Cc1nc(C)c(-c2csc(NC(=O)C3CCN(S(=O)(=O)c4ccc(F)cc4)CC3)n2)s1. The third-order valence-electron chi connectivity index (χ3n) is 5.15. The van der Waals surface area contributed by atoms with Crippen LogP contribution in [0.1, 0.15) is 23.5 Å². The quantitative estimate of drug-likeness (QED) is 0.595. The average Bonchev–Trinajstić information content (AvgIpc) is 3.33. The monoisotopic (exact) mass is 480 g/mol. The lowest BCUT2D eigenvalue weighted by Gasteiger charge is -2.30. The number of amides is 1. The molecule has 164 valence electrons. The van der Waals surface area contributed by atoms with Crippen LogP contribution in [-0.4, -0.2) is 41.7 Å². The van der Waals surface area contributed by atoms with Crippen LogP contribution in [-0.2, 0) is 14.8 Å². The first-order valence-corrected chi connectivity index (χ1v) is 12.8. The van der Waals surface area contributed by atoms with Gasteiger partial charge in [-0.1, -0.05) is 0 Å². The van der Waals surface area contributed by atoms with Crippen molar-refractivity contribution in [2.75, 3.05) is 18.4 Å². The Morgan fingerprint density at radius 1 is 1.16 bits per heavy atom. The van der Waals surface area contributed by atoms with Gasteiger partial charge >= 0.3 is 0 Å². The number of carbonyl (C=O) groups excluding carboxylic acids is 1. The van der Waals surface area contributed by atoms with E-state index in [0.717, 1.165) is 33.4 Å². The van der Waals surface area contributed by atoms with Crippen molar-refractivity contribution in [2.24, 2.45) is 5.92 Å². The van der Waals surface area contributed by atoms with Crippen molar-refractivity contribution in [2.45, 2.75) is 31.6 Å². The molecule has 11 heteroatoms. The Balaban J connectivity index is 1.37. The van der Waals surface area contributed by atoms with E-state index >= 15 is 0 Å². The molecule has 0 saturated carbocycles. The van der Waals surface area contributed by atoms with Gasteiger partial charge in [-0.15, -0.1) is 22.7 Å². The summed E-state index contributed by atoms with van der Waals surface area (Å²) < 4.78 is 39.9. The summed E-state index contributed by atoms with van der Waals surface area (Å²) in [5.74, 6) is -0.934. The molecule has 0 atom stereocenters. The fourth-order valence-electron chi connectivity index (χ4n) is 3.53. The second kappa shape index (κ2) is 8.73. The van der Waals surface area contributed by atoms with Crippen LogP contribution in [0.15, 0.2) is 34.5 Å². The van der Waals surface area contributed by atoms with E-state index in [-0.39, 0.29) is 29.8 Å². The molecule has 0 bridgehead atoms. The van der Waals surface area contributed by atoms with Crippen molar-refractivity contribution >= 4 is 43.7 Å². The van der Waals surface area contributed by atoms with Gasteiger partial charge in [-0.05, 0) is 51.0 Å². The van der Waals surface area contributed by atoms with Crippen LogP contribution < -0.4 is 5.32 Å². The average molecular weight is 481 g/mol. The maximum Gasteiger partial charge on any atom is 0.243 e. The Kier molecular flexibility index (Phi) is 6.20. The molecule has 1 aromatic carbocycles. The maximum atomic E-state index is 13.1. The highest BCUT2D eigenvalue weighted by molar-refractivity contribution is 7.89. The Bertz CT molecular complexity index is 1200. The predicted molar refractivity (Wildman–Crippen MR) is 119 cm³/mol. The van der Waals surface area contributed by atoms with E-state index in [0.29, 0.717) is 18.0 Å². The van der Waals surface area contributed by atoms with Gasteiger partial charge in [0.05, 0.1) is 26.2 Å². The normalized spacial score (nSPS) is 15.8. The zero-order valence-corrected chi connectivity index (χ0v) is 19.4. The molecule has 1 saturated heterocycles. The predicted octanol–water partition coefficient (Wildman–Crippen LogP) is 4.06. The number of halogens is 1. The largest absolute Gasteiger partial charge is 0.302 e. The lowest BCUT2D eigenvalue weighted by molar-refractivity contribution is -0.120. The highest BCUT2D eigenvalue weighted by Gasteiger charge is 2.32. The number of nitrogens with one attached hydrogen (secondary N) is 1. The fraction of sp³-hybridized carbons (Fsp3) is 0.350. The summed E-state index contributed by atoms with van der Waals surface area (Å²) in [6.45, 7) is 4.35. The number of nitrogens with zero attached hydrogens (tertiary/aromatic N) is 3. The first kappa shape index (κ1) is 22.0. The second-order valence-electron chi connectivity index (χ2n) is 7.31. The fourth-order valence-corrected chi connectivity index (χ4v) is 6.65. The number of anilines is 1. The molecule has 0 spiro atoms. The third kappa shape index (κ3) is 4.69. The molecule has 31 heavy (non-hydrogen) atoms. The summed E-state index contributed by atoms with van der Waals surface area (Å²) in [7, 11) is -3.70. The summed E-state index contributed by atoms with van der Waals surface area (Å²) in [5, 5.41) is 6.25. The molecule has 4 rings (SSSR count). The molecule has 1 N–H and O–H groups in total. The van der Waals surface area contributed by atoms with Crippen LogP contribution in [0.25, 0.3) is 10.6 Å². The van der Waals surface area contributed by atoms with E-state index in [1.165, 1.54) is 27.8 Å². The maximum absolute atomic E-state index is 13.1. The smallest absolute Gasteiger partial charge is 0.243 e. The first-order chi connectivity index (χ1) is 14.7. The van der Waals surface area contributed by atoms with Crippen LogP contribution in [0.2, 0.25) is 0 Å². The van der Waals surface area contributed by atoms with Crippen LogP contribution in [0.4, 0.5) is 9.52 Å².